The van der Waals surface area contributed by atoms with E-state index in [4.69, 9.17) is 0 Å². The molecule has 0 rings (SSSR count). The van der Waals surface area contributed by atoms with Crippen molar-refractivity contribution in [1.82, 2.24) is 5.32 Å². The Morgan fingerprint density at radius 2 is 2.08 bits per heavy atom. The van der Waals surface area contributed by atoms with Crippen LogP contribution >= 0.6 is 0 Å². The molecule has 0 aliphatic carbocycles. The van der Waals surface area contributed by atoms with Gasteiger partial charge >= 0.3 is 0 Å². The molecule has 0 aromatic carbocycles. The number of nitrogens with one attached hydrogen (secondary N) is 1. The molecule has 1 N–H and O–H groups in total. The van der Waals surface area contributed by atoms with Crippen molar-refractivity contribution in [3.8, 4) is 0 Å². The molecule has 0 radical (unpaired) electrons. The third-order valence-electron chi connectivity index (χ3n) is 1.42. The summed E-state index contributed by atoms with van der Waals surface area (Å²) >= 11 is 0. The molecule has 1 amide bonds. The highest BCUT2D eigenvalue weighted by molar-refractivity contribution is 5.87. The van der Waals surface area contributed by atoms with E-state index in [0.29, 0.717) is 5.92 Å². The third-order valence-corrected chi connectivity index (χ3v) is 1.42. The van der Waals surface area contributed by atoms with Crippen LogP contribution in [0.5, 0.6) is 0 Å². The molecule has 0 aromatic rings. The van der Waals surface area contributed by atoms with Gasteiger partial charge in [0, 0.05) is 12.6 Å². The number of amides is 1. The number of carbonyl (C=O) groups excluding carboxylic acids is 1. The topological polar surface area (TPSA) is 29.1 Å². The monoisotopic (exact) mass is 181 g/mol. The van der Waals surface area contributed by atoms with E-state index in [2.05, 4.69) is 26.1 Å². The first-order valence-corrected chi connectivity index (χ1v) is 4.77. The van der Waals surface area contributed by atoms with Crippen LogP contribution in [-0.4, -0.2) is 12.5 Å². The van der Waals surface area contributed by atoms with Crippen molar-refractivity contribution in [1.29, 1.82) is 0 Å². The second-order valence-corrected chi connectivity index (χ2v) is 3.33. The molecule has 0 atom stereocenters. The van der Waals surface area contributed by atoms with E-state index in [1.54, 1.807) is 12.2 Å². The molecule has 0 aliphatic rings. The Hall–Kier alpha value is -1.05. The summed E-state index contributed by atoms with van der Waals surface area (Å²) in [5.41, 5.74) is 0. The highest BCUT2D eigenvalue weighted by atomic mass is 16.1. The van der Waals surface area contributed by atoms with Gasteiger partial charge in [-0.2, -0.15) is 0 Å². The average Bonchev–Trinajstić information content (AvgIpc) is 2.09. The molecular formula is C11H19NO. The zero-order valence-electron chi connectivity index (χ0n) is 8.71. The molecule has 0 saturated heterocycles. The maximum Gasteiger partial charge on any atom is 0.243 e. The van der Waals surface area contributed by atoms with Crippen molar-refractivity contribution in [2.45, 2.75) is 27.2 Å². The van der Waals surface area contributed by atoms with Gasteiger partial charge in [-0.25, -0.2) is 0 Å². The zero-order valence-corrected chi connectivity index (χ0v) is 8.71. The number of allylic oxidation sites excluding steroid dienone is 3. The van der Waals surface area contributed by atoms with E-state index in [1.807, 2.05) is 12.2 Å². The van der Waals surface area contributed by atoms with Gasteiger partial charge in [0.1, 0.15) is 0 Å². The van der Waals surface area contributed by atoms with Gasteiger partial charge < -0.3 is 5.32 Å². The predicted octanol–water partition coefficient (Wildman–Crippen LogP) is 2.28. The summed E-state index contributed by atoms with van der Waals surface area (Å²) in [6.45, 7) is 6.94. The molecule has 0 aliphatic heterocycles. The number of hydrogen-bond donors (Lipinski definition) is 1. The van der Waals surface area contributed by atoms with Crippen LogP contribution in [0.4, 0.5) is 0 Å². The standard InChI is InChI=1S/C11H19NO/c1-4-5-6-7-8-11(13)12-9-10(2)3/h5-8,10H,4,9H2,1-3H3,(H,12,13)/b6-5+,8-7+. The quantitative estimate of drug-likeness (QED) is 0.511. The van der Waals surface area contributed by atoms with Gasteiger partial charge in [-0.15, -0.1) is 0 Å². The molecule has 13 heavy (non-hydrogen) atoms. The Labute approximate surface area is 80.7 Å². The Morgan fingerprint density at radius 3 is 2.62 bits per heavy atom. The van der Waals surface area contributed by atoms with Crippen LogP contribution in [0.2, 0.25) is 0 Å². The lowest BCUT2D eigenvalue weighted by Gasteiger charge is -2.03. The number of hydrogen-bond acceptors (Lipinski definition) is 1. The second kappa shape index (κ2) is 7.59. The lowest BCUT2D eigenvalue weighted by Crippen LogP contribution is -2.25. The molecule has 74 valence electrons. The van der Waals surface area contributed by atoms with Gasteiger partial charge in [0.05, 0.1) is 0 Å². The van der Waals surface area contributed by atoms with Crippen LogP contribution in [0.1, 0.15) is 27.2 Å². The summed E-state index contributed by atoms with van der Waals surface area (Å²) in [7, 11) is 0. The van der Waals surface area contributed by atoms with E-state index in [-0.39, 0.29) is 5.91 Å². The van der Waals surface area contributed by atoms with Crippen LogP contribution < -0.4 is 5.32 Å². The van der Waals surface area contributed by atoms with Crippen molar-refractivity contribution < 1.29 is 4.79 Å². The van der Waals surface area contributed by atoms with Crippen molar-refractivity contribution >= 4 is 5.91 Å². The van der Waals surface area contributed by atoms with Gasteiger partial charge in [0.15, 0.2) is 0 Å². The minimum absolute atomic E-state index is 0.0190. The predicted molar refractivity (Wildman–Crippen MR) is 56.4 cm³/mol. The summed E-state index contributed by atoms with van der Waals surface area (Å²) in [5.74, 6) is 0.484. The lowest BCUT2D eigenvalue weighted by atomic mass is 10.2. The number of rotatable bonds is 5. The van der Waals surface area contributed by atoms with E-state index >= 15 is 0 Å². The normalized spacial score (nSPS) is 11.7. The molecule has 2 heteroatoms. The zero-order chi connectivity index (χ0) is 10.1. The second-order valence-electron chi connectivity index (χ2n) is 3.33. The van der Waals surface area contributed by atoms with Gasteiger partial charge in [-0.1, -0.05) is 39.0 Å². The van der Waals surface area contributed by atoms with Gasteiger partial charge in [-0.05, 0) is 12.3 Å². The van der Waals surface area contributed by atoms with Gasteiger partial charge in [0.2, 0.25) is 5.91 Å². The molecular weight excluding hydrogens is 162 g/mol. The summed E-state index contributed by atoms with van der Waals surface area (Å²) in [4.78, 5) is 11.1. The molecule has 0 saturated carbocycles. The molecule has 0 heterocycles. The fraction of sp³-hybridized carbons (Fsp3) is 0.545. The minimum Gasteiger partial charge on any atom is -0.352 e. The first kappa shape index (κ1) is 11.9. The molecule has 0 unspecified atom stereocenters. The lowest BCUT2D eigenvalue weighted by molar-refractivity contribution is -0.116. The van der Waals surface area contributed by atoms with Crippen LogP contribution in [0.15, 0.2) is 24.3 Å². The fourth-order valence-corrected chi connectivity index (χ4v) is 0.721. The van der Waals surface area contributed by atoms with Crippen LogP contribution in [0.25, 0.3) is 0 Å². The van der Waals surface area contributed by atoms with E-state index in [9.17, 15) is 4.79 Å². The summed E-state index contributed by atoms with van der Waals surface area (Å²) in [6, 6.07) is 0. The molecule has 2 nitrogen and oxygen atoms in total. The summed E-state index contributed by atoms with van der Waals surface area (Å²) < 4.78 is 0. The number of carbonyl (C=O) groups is 1. The van der Waals surface area contributed by atoms with E-state index < -0.39 is 0 Å². The van der Waals surface area contributed by atoms with Crippen LogP contribution in [-0.2, 0) is 4.79 Å². The van der Waals surface area contributed by atoms with Gasteiger partial charge in [0.25, 0.3) is 0 Å². The maximum atomic E-state index is 11.1. The van der Waals surface area contributed by atoms with Crippen LogP contribution in [0.3, 0.4) is 0 Å². The molecule has 0 bridgehead atoms. The largest absolute Gasteiger partial charge is 0.352 e. The Bertz CT molecular complexity index is 192. The van der Waals surface area contributed by atoms with E-state index in [0.717, 1.165) is 13.0 Å². The Kier molecular flexibility index (Phi) is 6.98. The summed E-state index contributed by atoms with van der Waals surface area (Å²) in [6.07, 6.45) is 8.20. The van der Waals surface area contributed by atoms with Crippen molar-refractivity contribution in [3.63, 3.8) is 0 Å². The third kappa shape index (κ3) is 8.86. The Balaban J connectivity index is 3.61. The van der Waals surface area contributed by atoms with Crippen LogP contribution in [0, 0.1) is 5.92 Å². The first-order valence-electron chi connectivity index (χ1n) is 4.77. The smallest absolute Gasteiger partial charge is 0.243 e. The SMILES string of the molecule is CC/C=C/C=C/C(=O)NCC(C)C. The van der Waals surface area contributed by atoms with Gasteiger partial charge in [-0.3, -0.25) is 4.79 Å². The molecule has 0 aromatic heterocycles. The Morgan fingerprint density at radius 1 is 1.38 bits per heavy atom. The highest BCUT2D eigenvalue weighted by Gasteiger charge is 1.95. The fourth-order valence-electron chi connectivity index (χ4n) is 0.721. The first-order chi connectivity index (χ1) is 6.16. The maximum absolute atomic E-state index is 11.1. The average molecular weight is 181 g/mol. The van der Waals surface area contributed by atoms with Crippen molar-refractivity contribution in [3.05, 3.63) is 24.3 Å². The highest BCUT2D eigenvalue weighted by Crippen LogP contribution is 1.87. The molecule has 0 spiro atoms. The molecule has 0 fully saturated rings. The van der Waals surface area contributed by atoms with E-state index in [1.165, 1.54) is 0 Å². The minimum atomic E-state index is -0.0190. The van der Waals surface area contributed by atoms with Crippen molar-refractivity contribution in [2.75, 3.05) is 6.54 Å². The summed E-state index contributed by atoms with van der Waals surface area (Å²) in [5, 5.41) is 2.80. The van der Waals surface area contributed by atoms with Crippen molar-refractivity contribution in [2.24, 2.45) is 5.92 Å².